The fraction of sp³-hybridized carbons (Fsp3) is 0.111. The van der Waals surface area contributed by atoms with Crippen LogP contribution in [0.15, 0.2) is 55.0 Å². The highest BCUT2D eigenvalue weighted by molar-refractivity contribution is 5.93. The topological polar surface area (TPSA) is 105 Å². The summed E-state index contributed by atoms with van der Waals surface area (Å²) in [6.45, 7) is 0.314. The van der Waals surface area contributed by atoms with Crippen LogP contribution in [0.4, 0.5) is 4.79 Å². The monoisotopic (exact) mass is 351 g/mol. The van der Waals surface area contributed by atoms with Gasteiger partial charge in [-0.3, -0.25) is 15.2 Å². The van der Waals surface area contributed by atoms with E-state index >= 15 is 0 Å². The normalized spacial score (nSPS) is 10.2. The molecule has 0 saturated heterocycles. The molecular formula is C18H17N5O3. The summed E-state index contributed by atoms with van der Waals surface area (Å²) in [5.74, 6) is 0.245. The first kappa shape index (κ1) is 17.2. The second-order valence-corrected chi connectivity index (χ2v) is 5.40. The molecule has 0 bridgehead atoms. The second kappa shape index (κ2) is 7.93. The standard InChI is InChI=1S/C18H17N5O3/c1-26-15-5-4-13-8-12(2-3-14(13)9-15)10-21-18(25)23-22-17(24)16-11-19-6-7-20-16/h2-9,11H,10H2,1H3,(H,22,24)(H2,21,23,25). The van der Waals surface area contributed by atoms with Crippen LogP contribution in [0.5, 0.6) is 5.75 Å². The number of hydrazine groups is 1. The zero-order chi connectivity index (χ0) is 18.4. The number of ether oxygens (including phenoxy) is 1. The van der Waals surface area contributed by atoms with E-state index in [1.54, 1.807) is 7.11 Å². The van der Waals surface area contributed by atoms with Crippen LogP contribution in [0.3, 0.4) is 0 Å². The molecule has 3 N–H and O–H groups in total. The van der Waals surface area contributed by atoms with Crippen LogP contribution in [0.1, 0.15) is 16.1 Å². The van der Waals surface area contributed by atoms with Gasteiger partial charge in [0.05, 0.1) is 13.3 Å². The van der Waals surface area contributed by atoms with Crippen molar-refractivity contribution in [2.45, 2.75) is 6.54 Å². The van der Waals surface area contributed by atoms with Gasteiger partial charge in [-0.15, -0.1) is 0 Å². The van der Waals surface area contributed by atoms with Crippen molar-refractivity contribution in [2.24, 2.45) is 0 Å². The number of carbonyl (C=O) groups excluding carboxylic acids is 2. The molecule has 8 heteroatoms. The largest absolute Gasteiger partial charge is 0.497 e. The molecule has 0 saturated carbocycles. The number of nitrogens with zero attached hydrogens (tertiary/aromatic N) is 2. The quantitative estimate of drug-likeness (QED) is 0.622. The number of rotatable bonds is 4. The Morgan fingerprint density at radius 1 is 1.04 bits per heavy atom. The molecule has 132 valence electrons. The van der Waals surface area contributed by atoms with Gasteiger partial charge in [0.1, 0.15) is 11.4 Å². The number of hydrogen-bond acceptors (Lipinski definition) is 5. The Morgan fingerprint density at radius 3 is 2.62 bits per heavy atom. The summed E-state index contributed by atoms with van der Waals surface area (Å²) in [6.07, 6.45) is 4.15. The fourth-order valence-corrected chi connectivity index (χ4v) is 2.33. The molecule has 0 radical (unpaired) electrons. The van der Waals surface area contributed by atoms with E-state index in [1.807, 2.05) is 36.4 Å². The summed E-state index contributed by atoms with van der Waals surface area (Å²) in [7, 11) is 1.63. The van der Waals surface area contributed by atoms with Gasteiger partial charge in [-0.05, 0) is 34.5 Å². The van der Waals surface area contributed by atoms with Crippen molar-refractivity contribution < 1.29 is 14.3 Å². The average Bonchev–Trinajstić information content (AvgIpc) is 2.70. The van der Waals surface area contributed by atoms with Gasteiger partial charge in [-0.2, -0.15) is 0 Å². The molecule has 0 fully saturated rings. The number of nitrogens with one attached hydrogen (secondary N) is 3. The summed E-state index contributed by atoms with van der Waals surface area (Å²) < 4.78 is 5.20. The molecule has 1 heterocycles. The Bertz CT molecular complexity index is 931. The number of fused-ring (bicyclic) bond motifs is 1. The van der Waals surface area contributed by atoms with Gasteiger partial charge in [-0.25, -0.2) is 15.2 Å². The minimum atomic E-state index is -0.548. The van der Waals surface area contributed by atoms with E-state index in [2.05, 4.69) is 26.1 Å². The summed E-state index contributed by atoms with van der Waals surface area (Å²) in [6, 6.07) is 11.1. The number of aromatic nitrogens is 2. The number of methoxy groups -OCH3 is 1. The molecule has 1 aromatic heterocycles. The molecule has 3 aromatic rings. The number of urea groups is 1. The second-order valence-electron chi connectivity index (χ2n) is 5.40. The molecule has 0 spiro atoms. The molecule has 3 rings (SSSR count). The Balaban J connectivity index is 1.52. The van der Waals surface area contributed by atoms with Gasteiger partial charge in [0.2, 0.25) is 0 Å². The maximum Gasteiger partial charge on any atom is 0.333 e. The Hall–Kier alpha value is -3.68. The molecule has 0 aliphatic carbocycles. The van der Waals surface area contributed by atoms with Gasteiger partial charge in [-0.1, -0.05) is 18.2 Å². The maximum absolute atomic E-state index is 11.8. The molecule has 8 nitrogen and oxygen atoms in total. The lowest BCUT2D eigenvalue weighted by atomic mass is 10.1. The molecular weight excluding hydrogens is 334 g/mol. The van der Waals surface area contributed by atoms with Crippen molar-refractivity contribution >= 4 is 22.7 Å². The van der Waals surface area contributed by atoms with Gasteiger partial charge in [0.15, 0.2) is 0 Å². The third-order valence-corrected chi connectivity index (χ3v) is 3.65. The van der Waals surface area contributed by atoms with E-state index in [0.717, 1.165) is 22.1 Å². The predicted octanol–water partition coefficient (Wildman–Crippen LogP) is 1.78. The number of hydrogen-bond donors (Lipinski definition) is 3. The van der Waals surface area contributed by atoms with E-state index in [0.29, 0.717) is 6.54 Å². The molecule has 0 unspecified atom stereocenters. The molecule has 2 aromatic carbocycles. The predicted molar refractivity (Wildman–Crippen MR) is 95.4 cm³/mol. The molecule has 26 heavy (non-hydrogen) atoms. The van der Waals surface area contributed by atoms with Gasteiger partial charge in [0.25, 0.3) is 5.91 Å². The van der Waals surface area contributed by atoms with E-state index in [4.69, 9.17) is 4.74 Å². The smallest absolute Gasteiger partial charge is 0.333 e. The first-order valence-electron chi connectivity index (χ1n) is 7.82. The van der Waals surface area contributed by atoms with Gasteiger partial charge < -0.3 is 10.1 Å². The van der Waals surface area contributed by atoms with Crippen LogP contribution in [-0.2, 0) is 6.54 Å². The number of benzene rings is 2. The average molecular weight is 351 g/mol. The molecule has 0 aliphatic rings. The third kappa shape index (κ3) is 4.23. The van der Waals surface area contributed by atoms with Crippen LogP contribution in [0, 0.1) is 0 Å². The first-order chi connectivity index (χ1) is 12.7. The van der Waals surface area contributed by atoms with Crippen molar-refractivity contribution in [3.8, 4) is 5.75 Å². The van der Waals surface area contributed by atoms with Crippen LogP contribution in [0.25, 0.3) is 10.8 Å². The highest BCUT2D eigenvalue weighted by atomic mass is 16.5. The summed E-state index contributed by atoms with van der Waals surface area (Å²) in [4.78, 5) is 31.2. The van der Waals surface area contributed by atoms with Crippen LogP contribution >= 0.6 is 0 Å². The molecule has 3 amide bonds. The van der Waals surface area contributed by atoms with E-state index in [9.17, 15) is 9.59 Å². The Morgan fingerprint density at radius 2 is 1.85 bits per heavy atom. The molecule has 0 aliphatic heterocycles. The Kier molecular flexibility index (Phi) is 5.23. The van der Waals surface area contributed by atoms with Crippen LogP contribution < -0.4 is 20.9 Å². The van der Waals surface area contributed by atoms with Gasteiger partial charge >= 0.3 is 6.03 Å². The van der Waals surface area contributed by atoms with E-state index in [-0.39, 0.29) is 5.69 Å². The van der Waals surface area contributed by atoms with Crippen molar-refractivity contribution in [2.75, 3.05) is 7.11 Å². The first-order valence-corrected chi connectivity index (χ1v) is 7.82. The lowest BCUT2D eigenvalue weighted by Crippen LogP contribution is -2.46. The van der Waals surface area contributed by atoms with Crippen LogP contribution in [-0.4, -0.2) is 29.0 Å². The summed E-state index contributed by atoms with van der Waals surface area (Å²) in [5.41, 5.74) is 5.57. The SMILES string of the molecule is COc1ccc2cc(CNC(=O)NNC(=O)c3cnccn3)ccc2c1. The zero-order valence-electron chi connectivity index (χ0n) is 14.0. The van der Waals surface area contributed by atoms with Crippen molar-refractivity contribution in [3.63, 3.8) is 0 Å². The summed E-state index contributed by atoms with van der Waals surface area (Å²) >= 11 is 0. The fourth-order valence-electron chi connectivity index (χ4n) is 2.33. The molecule has 0 atom stereocenters. The lowest BCUT2D eigenvalue weighted by Gasteiger charge is -2.09. The highest BCUT2D eigenvalue weighted by Crippen LogP contribution is 2.21. The van der Waals surface area contributed by atoms with Crippen molar-refractivity contribution in [1.29, 1.82) is 0 Å². The minimum Gasteiger partial charge on any atom is -0.497 e. The van der Waals surface area contributed by atoms with E-state index < -0.39 is 11.9 Å². The maximum atomic E-state index is 11.8. The number of carbonyl (C=O) groups is 2. The third-order valence-electron chi connectivity index (χ3n) is 3.65. The van der Waals surface area contributed by atoms with Gasteiger partial charge in [0, 0.05) is 18.9 Å². The number of amides is 3. The van der Waals surface area contributed by atoms with Crippen molar-refractivity contribution in [3.05, 3.63) is 66.2 Å². The van der Waals surface area contributed by atoms with E-state index in [1.165, 1.54) is 18.6 Å². The zero-order valence-corrected chi connectivity index (χ0v) is 14.0. The highest BCUT2D eigenvalue weighted by Gasteiger charge is 2.08. The van der Waals surface area contributed by atoms with Crippen molar-refractivity contribution in [1.82, 2.24) is 26.1 Å². The summed E-state index contributed by atoms with van der Waals surface area (Å²) in [5, 5.41) is 4.76. The lowest BCUT2D eigenvalue weighted by molar-refractivity contribution is 0.0931. The minimum absolute atomic E-state index is 0.109. The Labute approximate surface area is 149 Å². The van der Waals surface area contributed by atoms with Crippen LogP contribution in [0.2, 0.25) is 0 Å².